The molecule has 2 aromatic heterocycles. The van der Waals surface area contributed by atoms with E-state index in [1.165, 1.54) is 23.5 Å². The van der Waals surface area contributed by atoms with Gasteiger partial charge in [0.1, 0.15) is 0 Å². The van der Waals surface area contributed by atoms with Crippen LogP contribution in [0.5, 0.6) is 17.4 Å². The number of fused-ring (bicyclic) bond motifs is 2. The molecule has 0 spiro atoms. The van der Waals surface area contributed by atoms with E-state index in [4.69, 9.17) is 4.74 Å². The highest BCUT2D eigenvalue weighted by molar-refractivity contribution is 7.22. The van der Waals surface area contributed by atoms with Gasteiger partial charge in [-0.3, -0.25) is 9.69 Å². The summed E-state index contributed by atoms with van der Waals surface area (Å²) in [6.07, 6.45) is 0.169. The van der Waals surface area contributed by atoms with Gasteiger partial charge in [-0.15, -0.1) is 8.78 Å². The molecule has 1 aromatic carbocycles. The van der Waals surface area contributed by atoms with Crippen LogP contribution in [0.3, 0.4) is 0 Å². The highest BCUT2D eigenvalue weighted by atomic mass is 32.1. The summed E-state index contributed by atoms with van der Waals surface area (Å²) < 4.78 is 41.2. The number of carbonyl (C=O) groups excluding carboxylic acids is 1. The third-order valence-corrected chi connectivity index (χ3v) is 6.89. The second-order valence-corrected chi connectivity index (χ2v) is 9.12. The van der Waals surface area contributed by atoms with Crippen molar-refractivity contribution in [2.75, 3.05) is 25.5 Å². The molecule has 4 heterocycles. The first-order chi connectivity index (χ1) is 15.8. The van der Waals surface area contributed by atoms with Crippen molar-refractivity contribution < 1.29 is 27.8 Å². The van der Waals surface area contributed by atoms with Gasteiger partial charge in [-0.1, -0.05) is 17.4 Å². The molecule has 3 aromatic rings. The number of pyridine rings is 1. The Balaban J connectivity index is 1.25. The Labute approximate surface area is 192 Å². The molecule has 1 saturated heterocycles. The molecule has 1 fully saturated rings. The van der Waals surface area contributed by atoms with Gasteiger partial charge in [0, 0.05) is 30.9 Å². The molecule has 0 radical (unpaired) electrons. The molecule has 11 heteroatoms. The van der Waals surface area contributed by atoms with Crippen LogP contribution < -0.4 is 19.5 Å². The number of anilines is 1. The Kier molecular flexibility index (Phi) is 5.53. The van der Waals surface area contributed by atoms with Gasteiger partial charge in [-0.25, -0.2) is 9.97 Å². The average molecular weight is 477 g/mol. The Morgan fingerprint density at radius 3 is 2.85 bits per heavy atom. The van der Waals surface area contributed by atoms with E-state index in [0.717, 1.165) is 31.5 Å². The van der Waals surface area contributed by atoms with E-state index in [2.05, 4.69) is 29.7 Å². The molecule has 2 atom stereocenters. The smallest absolute Gasteiger partial charge is 0.481 e. The highest BCUT2D eigenvalue weighted by Gasteiger charge is 2.43. The van der Waals surface area contributed by atoms with Crippen molar-refractivity contribution in [1.82, 2.24) is 14.9 Å². The molecular weight excluding hydrogens is 454 g/mol. The number of likely N-dealkylation sites (tertiary alicyclic amines) is 1. The van der Waals surface area contributed by atoms with Gasteiger partial charge < -0.3 is 19.5 Å². The summed E-state index contributed by atoms with van der Waals surface area (Å²) in [6.45, 7) is 3.44. The van der Waals surface area contributed by atoms with Crippen LogP contribution in [0.4, 0.5) is 13.9 Å². The van der Waals surface area contributed by atoms with Crippen LogP contribution in [0, 0.1) is 0 Å². The molecule has 1 N–H and O–H groups in total. The largest absolute Gasteiger partial charge is 0.586 e. The number of benzene rings is 1. The first-order valence-electron chi connectivity index (χ1n) is 10.6. The number of aromatic nitrogens is 2. The lowest BCUT2D eigenvalue weighted by Crippen LogP contribution is -2.46. The number of amides is 1. The van der Waals surface area contributed by atoms with E-state index in [0.29, 0.717) is 21.2 Å². The van der Waals surface area contributed by atoms with Crippen LogP contribution in [0.1, 0.15) is 31.2 Å². The summed E-state index contributed by atoms with van der Waals surface area (Å²) in [6, 6.07) is 6.35. The number of hydrogen-bond acceptors (Lipinski definition) is 8. The number of nitrogens with one attached hydrogen (secondary N) is 1. The van der Waals surface area contributed by atoms with Gasteiger partial charge in [-0.05, 0) is 37.8 Å². The lowest BCUT2D eigenvalue weighted by Gasteiger charge is -2.36. The van der Waals surface area contributed by atoms with Gasteiger partial charge in [0.15, 0.2) is 16.6 Å². The van der Waals surface area contributed by atoms with Crippen molar-refractivity contribution in [3.63, 3.8) is 0 Å². The molecule has 2 aliphatic heterocycles. The second-order valence-electron chi connectivity index (χ2n) is 8.09. The molecular formula is C22H22F2N4O4S. The Hall–Kier alpha value is -3.05. The molecule has 0 saturated carbocycles. The third kappa shape index (κ3) is 4.42. The molecule has 0 bridgehead atoms. The van der Waals surface area contributed by atoms with E-state index < -0.39 is 6.29 Å². The zero-order chi connectivity index (χ0) is 23.2. The number of nitrogens with zero attached hydrogens (tertiary/aromatic N) is 3. The first kappa shape index (κ1) is 21.8. The van der Waals surface area contributed by atoms with E-state index in [-0.39, 0.29) is 29.4 Å². The number of thiazole rings is 1. The summed E-state index contributed by atoms with van der Waals surface area (Å²) in [5, 5.41) is 3.25. The summed E-state index contributed by atoms with van der Waals surface area (Å²) in [5.41, 5.74) is 1.58. The van der Waals surface area contributed by atoms with Crippen LogP contribution in [0.15, 0.2) is 30.5 Å². The van der Waals surface area contributed by atoms with E-state index >= 15 is 0 Å². The van der Waals surface area contributed by atoms with Crippen LogP contribution in [0.2, 0.25) is 0 Å². The summed E-state index contributed by atoms with van der Waals surface area (Å²) in [7, 11) is 1.59. The van der Waals surface area contributed by atoms with Gasteiger partial charge in [0.25, 0.3) is 0 Å². The SMILES string of the molecule is COc1ccc([C@@H]2CCCN([C@@H](C)C(=O)Nc3nc4cc5c(cc4s3)OC(F)(F)O5)C2)cn1. The number of ether oxygens (including phenoxy) is 3. The van der Waals surface area contributed by atoms with E-state index in [9.17, 15) is 13.6 Å². The van der Waals surface area contributed by atoms with E-state index in [1.54, 1.807) is 7.11 Å². The quantitative estimate of drug-likeness (QED) is 0.590. The fourth-order valence-corrected chi connectivity index (χ4v) is 5.06. The number of carbonyl (C=O) groups is 1. The van der Waals surface area contributed by atoms with Crippen molar-refractivity contribution in [3.05, 3.63) is 36.0 Å². The summed E-state index contributed by atoms with van der Waals surface area (Å²) in [5.74, 6) is 0.572. The molecule has 0 aliphatic carbocycles. The predicted molar refractivity (Wildman–Crippen MR) is 118 cm³/mol. The fourth-order valence-electron chi connectivity index (χ4n) is 4.19. The molecule has 33 heavy (non-hydrogen) atoms. The maximum absolute atomic E-state index is 13.2. The zero-order valence-corrected chi connectivity index (χ0v) is 18.8. The molecule has 0 unspecified atom stereocenters. The van der Waals surface area contributed by atoms with Crippen LogP contribution in [-0.2, 0) is 4.79 Å². The molecule has 1 amide bonds. The van der Waals surface area contributed by atoms with Gasteiger partial charge in [0.05, 0.1) is 23.4 Å². The minimum Gasteiger partial charge on any atom is -0.481 e. The highest BCUT2D eigenvalue weighted by Crippen LogP contribution is 2.44. The number of methoxy groups -OCH3 is 1. The average Bonchev–Trinajstić information content (AvgIpc) is 3.33. The van der Waals surface area contributed by atoms with Crippen molar-refractivity contribution in [2.24, 2.45) is 0 Å². The predicted octanol–water partition coefficient (Wildman–Crippen LogP) is 4.23. The van der Waals surface area contributed by atoms with Crippen molar-refractivity contribution in [2.45, 2.75) is 38.0 Å². The summed E-state index contributed by atoms with van der Waals surface area (Å²) >= 11 is 1.19. The van der Waals surface area contributed by atoms with Gasteiger partial charge in [0.2, 0.25) is 11.8 Å². The van der Waals surface area contributed by atoms with Crippen molar-refractivity contribution in [3.8, 4) is 17.4 Å². The Morgan fingerprint density at radius 2 is 2.12 bits per heavy atom. The van der Waals surface area contributed by atoms with E-state index in [1.807, 2.05) is 25.3 Å². The second kappa shape index (κ2) is 8.38. The lowest BCUT2D eigenvalue weighted by molar-refractivity contribution is -0.286. The number of piperidine rings is 1. The standard InChI is InChI=1S/C22H22F2N4O4S/c1-12(28-7-3-4-14(11-28)13-5-6-19(30-2)25-10-13)20(29)27-21-26-15-8-16-17(9-18(15)33-21)32-22(23,24)31-16/h5-6,8-10,12,14H,3-4,7,11H2,1-2H3,(H,26,27,29)/t12-,14+/m0/s1. The Bertz CT molecular complexity index is 1140. The molecule has 2 aliphatic rings. The van der Waals surface area contributed by atoms with Gasteiger partial charge >= 0.3 is 6.29 Å². The topological polar surface area (TPSA) is 85.8 Å². The van der Waals surface area contributed by atoms with Crippen molar-refractivity contribution in [1.29, 1.82) is 0 Å². The number of rotatable bonds is 5. The van der Waals surface area contributed by atoms with Crippen LogP contribution in [-0.4, -0.2) is 53.3 Å². The Morgan fingerprint density at radius 1 is 1.33 bits per heavy atom. The fraction of sp³-hybridized carbons (Fsp3) is 0.409. The summed E-state index contributed by atoms with van der Waals surface area (Å²) in [4.78, 5) is 23.7. The van der Waals surface area contributed by atoms with Crippen molar-refractivity contribution >= 4 is 32.6 Å². The first-order valence-corrected chi connectivity index (χ1v) is 11.4. The maximum atomic E-state index is 13.2. The number of hydrogen-bond donors (Lipinski definition) is 1. The number of halogens is 2. The number of alkyl halides is 2. The van der Waals surface area contributed by atoms with Gasteiger partial charge in [-0.2, -0.15) is 0 Å². The third-order valence-electron chi connectivity index (χ3n) is 5.96. The monoisotopic (exact) mass is 476 g/mol. The normalized spacial score (nSPS) is 20.5. The molecule has 8 nitrogen and oxygen atoms in total. The molecule has 174 valence electrons. The lowest BCUT2D eigenvalue weighted by atomic mass is 9.91. The maximum Gasteiger partial charge on any atom is 0.586 e. The van der Waals surface area contributed by atoms with Crippen LogP contribution >= 0.6 is 11.3 Å². The molecule has 5 rings (SSSR count). The zero-order valence-electron chi connectivity index (χ0n) is 18.0. The van der Waals surface area contributed by atoms with Crippen LogP contribution in [0.25, 0.3) is 10.2 Å². The minimum absolute atomic E-state index is 0.0465. The minimum atomic E-state index is -3.67.